The van der Waals surface area contributed by atoms with Crippen molar-refractivity contribution in [1.82, 2.24) is 0 Å². The van der Waals surface area contributed by atoms with Gasteiger partial charge < -0.3 is 26.9 Å². The molecule has 0 rings (SSSR count). The minimum Gasteiger partial charge on any atom is -0.398 e. The smallest absolute Gasteiger partial charge is 0.398 e. The quantitative estimate of drug-likeness (QED) is 0.408. The number of methoxy groups -OCH3 is 1. The third-order valence-corrected chi connectivity index (χ3v) is 10.4. The van der Waals surface area contributed by atoms with E-state index in [0.29, 0.717) is 18.9 Å². The summed E-state index contributed by atoms with van der Waals surface area (Å²) in [6.07, 6.45) is 0. The van der Waals surface area contributed by atoms with E-state index >= 15 is 0 Å². The van der Waals surface area contributed by atoms with Gasteiger partial charge in [-0.15, -0.1) is 0 Å². The summed E-state index contributed by atoms with van der Waals surface area (Å²) in [5.41, 5.74) is 0.545. The lowest BCUT2D eigenvalue weighted by Crippen LogP contribution is -2.53. The van der Waals surface area contributed by atoms with E-state index in [1.807, 2.05) is 6.55 Å². The molecule has 0 bridgehead atoms. The Labute approximate surface area is 150 Å². The van der Waals surface area contributed by atoms with Crippen LogP contribution in [0.15, 0.2) is 0 Å². The Balaban J connectivity index is -0.0000000853. The van der Waals surface area contributed by atoms with Crippen molar-refractivity contribution in [1.29, 1.82) is 0 Å². The summed E-state index contributed by atoms with van der Waals surface area (Å²) in [5.74, 6) is 0. The third-order valence-electron chi connectivity index (χ3n) is 2.60. The maximum Gasteiger partial charge on any atom is 0.502 e. The Morgan fingerprint density at radius 1 is 0.609 bits per heavy atom. The Kier molecular flexibility index (Phi) is 42.0. The van der Waals surface area contributed by atoms with E-state index in [9.17, 15) is 0 Å². The summed E-state index contributed by atoms with van der Waals surface area (Å²) in [6.45, 7) is 2.99. The second-order valence-electron chi connectivity index (χ2n) is 3.65. The molecule has 23 heavy (non-hydrogen) atoms. The number of rotatable bonds is 10. The Morgan fingerprint density at radius 2 is 1.00 bits per heavy atom. The minimum atomic E-state index is -2.66. The van der Waals surface area contributed by atoms with Gasteiger partial charge in [0.1, 0.15) is 0 Å². The van der Waals surface area contributed by atoms with Gasteiger partial charge in [0, 0.05) is 35.5 Å². The van der Waals surface area contributed by atoms with E-state index in [1.54, 1.807) is 35.5 Å². The lowest BCUT2D eigenvalue weighted by molar-refractivity contribution is 0.106. The van der Waals surface area contributed by atoms with E-state index in [1.165, 1.54) is 0 Å². The van der Waals surface area contributed by atoms with E-state index < -0.39 is 17.4 Å². The molecule has 152 valence electrons. The molecule has 8 heteroatoms. The molecule has 0 aliphatic heterocycles. The third kappa shape index (κ3) is 15.5. The number of hydrogen-bond donors (Lipinski definition) is 0. The predicted octanol–water partition coefficient (Wildman–Crippen LogP) is 4.60. The molecule has 0 saturated carbocycles. The molecule has 0 radical (unpaired) electrons. The van der Waals surface area contributed by atoms with E-state index in [4.69, 9.17) is 26.9 Å². The Bertz CT molecular complexity index is 198. The summed E-state index contributed by atoms with van der Waals surface area (Å²) in [4.78, 5) is 0. The SMILES string of the molecule is C.C.C.C.C.C.COCCO[Si](C)(C[Si](OC)(OC)OC)OC. The highest BCUT2D eigenvalue weighted by Gasteiger charge is 2.49. The molecule has 0 saturated heterocycles. The minimum absolute atomic E-state index is 0. The molecule has 0 aromatic rings. The lowest BCUT2D eigenvalue weighted by Gasteiger charge is -2.32. The van der Waals surface area contributed by atoms with E-state index in [-0.39, 0.29) is 44.6 Å². The van der Waals surface area contributed by atoms with Gasteiger partial charge in [-0.25, -0.2) is 0 Å². The van der Waals surface area contributed by atoms with Crippen LogP contribution in [0.1, 0.15) is 44.6 Å². The molecular weight excluding hydrogens is 332 g/mol. The van der Waals surface area contributed by atoms with E-state index in [0.717, 1.165) is 0 Å². The molecule has 0 aliphatic carbocycles. The summed E-state index contributed by atoms with van der Waals surface area (Å²) < 4.78 is 32.4. The van der Waals surface area contributed by atoms with Crippen molar-refractivity contribution in [2.75, 3.05) is 48.8 Å². The van der Waals surface area contributed by atoms with Crippen molar-refractivity contribution < 1.29 is 26.9 Å². The molecule has 0 N–H and O–H groups in total. The van der Waals surface area contributed by atoms with Crippen LogP contribution in [0.25, 0.3) is 0 Å². The highest BCUT2D eigenvalue weighted by Crippen LogP contribution is 2.23. The summed E-state index contributed by atoms with van der Waals surface area (Å²) in [6, 6.07) is 0. The van der Waals surface area contributed by atoms with Gasteiger partial charge in [0.05, 0.1) is 18.9 Å². The molecule has 0 fully saturated rings. The van der Waals surface area contributed by atoms with Gasteiger partial charge in [0.2, 0.25) is 0 Å². The molecule has 0 amide bonds. The first-order chi connectivity index (χ1) is 8.01. The molecule has 0 aromatic heterocycles. The maximum absolute atomic E-state index is 5.77. The molecule has 1 atom stereocenters. The predicted molar refractivity (Wildman–Crippen MR) is 108 cm³/mol. The van der Waals surface area contributed by atoms with E-state index in [2.05, 4.69) is 0 Å². The largest absolute Gasteiger partial charge is 0.502 e. The normalized spacial score (nSPS) is 11.7. The average molecular weight is 381 g/mol. The van der Waals surface area contributed by atoms with Gasteiger partial charge in [-0.2, -0.15) is 0 Å². The number of hydrogen-bond acceptors (Lipinski definition) is 6. The molecule has 0 spiro atoms. The zero-order valence-electron chi connectivity index (χ0n) is 11.6. The second kappa shape index (κ2) is 22.2. The van der Waals surface area contributed by atoms with Gasteiger partial charge in [0.25, 0.3) is 0 Å². The molecule has 1 unspecified atom stereocenters. The summed E-state index contributed by atoms with van der Waals surface area (Å²) >= 11 is 0. The van der Waals surface area contributed by atoms with Crippen LogP contribution in [0.5, 0.6) is 0 Å². The molecular formula is C15H48O6Si2. The standard InChI is InChI=1S/C9H24O6Si2.6CH4/c1-10-7-8-15-16(6,11-2)9-17(12-3,13-4)14-5;;;;;;/h7-9H2,1-6H3;6*1H4. The fourth-order valence-electron chi connectivity index (χ4n) is 1.38. The van der Waals surface area contributed by atoms with Crippen molar-refractivity contribution in [2.45, 2.75) is 56.8 Å². The number of ether oxygens (including phenoxy) is 1. The first-order valence-corrected chi connectivity index (χ1v) is 9.80. The van der Waals surface area contributed by atoms with Crippen LogP contribution in [0.2, 0.25) is 12.2 Å². The first-order valence-electron chi connectivity index (χ1n) is 5.35. The first kappa shape index (κ1) is 43.6. The van der Waals surface area contributed by atoms with Gasteiger partial charge in [0.15, 0.2) is 0 Å². The van der Waals surface area contributed by atoms with Gasteiger partial charge in [-0.1, -0.05) is 44.6 Å². The van der Waals surface area contributed by atoms with Crippen LogP contribution in [0.3, 0.4) is 0 Å². The van der Waals surface area contributed by atoms with Crippen molar-refractivity contribution in [3.05, 3.63) is 0 Å². The van der Waals surface area contributed by atoms with Crippen LogP contribution in [-0.2, 0) is 26.9 Å². The second-order valence-corrected chi connectivity index (χ2v) is 10.6. The van der Waals surface area contributed by atoms with Crippen LogP contribution in [0, 0.1) is 0 Å². The van der Waals surface area contributed by atoms with Crippen molar-refractivity contribution in [2.24, 2.45) is 0 Å². The zero-order valence-corrected chi connectivity index (χ0v) is 13.6. The summed E-state index contributed by atoms with van der Waals surface area (Å²) in [7, 11) is 3.00. The summed E-state index contributed by atoms with van der Waals surface area (Å²) in [5, 5.41) is 0. The Hall–Kier alpha value is 0.194. The molecule has 0 heterocycles. The van der Waals surface area contributed by atoms with Crippen molar-refractivity contribution in [3.63, 3.8) is 0 Å². The highest BCUT2D eigenvalue weighted by molar-refractivity contribution is 6.82. The van der Waals surface area contributed by atoms with Crippen molar-refractivity contribution >= 4 is 17.4 Å². The van der Waals surface area contributed by atoms with Crippen molar-refractivity contribution in [3.8, 4) is 0 Å². The molecule has 0 aromatic carbocycles. The van der Waals surface area contributed by atoms with Crippen LogP contribution in [0.4, 0.5) is 0 Å². The molecule has 0 aliphatic rings. The average Bonchev–Trinajstić information content (AvgIpc) is 2.37. The van der Waals surface area contributed by atoms with Gasteiger partial charge in [-0.3, -0.25) is 0 Å². The fraction of sp³-hybridized carbons (Fsp3) is 1.00. The topological polar surface area (TPSA) is 55.4 Å². The maximum atomic E-state index is 5.77. The van der Waals surface area contributed by atoms with Crippen LogP contribution < -0.4 is 0 Å². The van der Waals surface area contributed by atoms with Gasteiger partial charge in [-0.05, 0) is 6.55 Å². The van der Waals surface area contributed by atoms with Crippen LogP contribution in [-0.4, -0.2) is 66.1 Å². The van der Waals surface area contributed by atoms with Crippen LogP contribution >= 0.6 is 0 Å². The zero-order chi connectivity index (χ0) is 13.4. The van der Waals surface area contributed by atoms with Gasteiger partial charge >= 0.3 is 17.4 Å². The highest BCUT2D eigenvalue weighted by atomic mass is 28.4. The fourth-order valence-corrected chi connectivity index (χ4v) is 8.38. The Morgan fingerprint density at radius 3 is 1.26 bits per heavy atom. The molecule has 6 nitrogen and oxygen atoms in total. The lowest BCUT2D eigenvalue weighted by atomic mass is 10.8. The monoisotopic (exact) mass is 380 g/mol.